The summed E-state index contributed by atoms with van der Waals surface area (Å²) in [5.41, 5.74) is 4.87. The highest BCUT2D eigenvalue weighted by atomic mass is 35.5. The Morgan fingerprint density at radius 1 is 0.903 bits per heavy atom. The van der Waals surface area contributed by atoms with Gasteiger partial charge in [0.05, 0.1) is 26.9 Å². The summed E-state index contributed by atoms with van der Waals surface area (Å²) in [5, 5.41) is 0.124. The average molecular weight is 485 g/mol. The van der Waals surface area contributed by atoms with Gasteiger partial charge in [-0.2, -0.15) is 13.2 Å². The number of rotatable bonds is 4. The molecule has 0 aliphatic rings. The molecule has 160 valence electrons. The molecule has 0 bridgehead atoms. The smallest absolute Gasteiger partial charge is 0.351 e. The van der Waals surface area contributed by atoms with E-state index in [1.165, 1.54) is 30.3 Å². The van der Waals surface area contributed by atoms with Gasteiger partial charge in [0.1, 0.15) is 0 Å². The van der Waals surface area contributed by atoms with E-state index in [0.29, 0.717) is 9.79 Å². The molecule has 0 unspecified atom stereocenters. The first-order valence-corrected chi connectivity index (χ1v) is 10.2. The molecule has 4 nitrogen and oxygen atoms in total. The van der Waals surface area contributed by atoms with Crippen molar-refractivity contribution < 1.29 is 22.8 Å². The summed E-state index contributed by atoms with van der Waals surface area (Å²) in [6.45, 7) is 0. The zero-order chi connectivity index (χ0) is 22.8. The third-order valence-corrected chi connectivity index (χ3v) is 5.95. The first-order valence-electron chi connectivity index (χ1n) is 8.61. The first kappa shape index (κ1) is 23.0. The predicted molar refractivity (Wildman–Crippen MR) is 115 cm³/mol. The third kappa shape index (κ3) is 5.33. The molecule has 0 aromatic heterocycles. The van der Waals surface area contributed by atoms with Crippen LogP contribution < -0.4 is 10.6 Å². The topological polar surface area (TPSA) is 63.4 Å². The number of hydrogen-bond donors (Lipinski definition) is 1. The highest BCUT2D eigenvalue weighted by Crippen LogP contribution is 2.38. The number of hydrogen-bond acceptors (Lipinski definition) is 3. The van der Waals surface area contributed by atoms with Crippen LogP contribution in [0.1, 0.15) is 15.9 Å². The largest absolute Gasteiger partial charge is 0.416 e. The molecule has 0 saturated carbocycles. The van der Waals surface area contributed by atoms with E-state index < -0.39 is 23.7 Å². The third-order valence-electron chi connectivity index (χ3n) is 4.11. The molecule has 0 aliphatic carbocycles. The van der Waals surface area contributed by atoms with Gasteiger partial charge < -0.3 is 5.73 Å². The Hall–Kier alpha value is -2.68. The fraction of sp³-hybridized carbons (Fsp3) is 0.0476. The molecular formula is C21H13Cl2F3N2O2S. The van der Waals surface area contributed by atoms with Crippen LogP contribution >= 0.6 is 35.0 Å². The van der Waals surface area contributed by atoms with Crippen LogP contribution in [-0.4, -0.2) is 11.9 Å². The van der Waals surface area contributed by atoms with Gasteiger partial charge in [0.25, 0.3) is 5.91 Å². The van der Waals surface area contributed by atoms with Crippen molar-refractivity contribution in [3.8, 4) is 0 Å². The second-order valence-electron chi connectivity index (χ2n) is 6.20. The summed E-state index contributed by atoms with van der Waals surface area (Å²) >= 11 is 13.2. The Kier molecular flexibility index (Phi) is 6.83. The van der Waals surface area contributed by atoms with Crippen molar-refractivity contribution in [3.05, 3.63) is 87.9 Å². The van der Waals surface area contributed by atoms with E-state index >= 15 is 0 Å². The SMILES string of the molecule is NC(=O)N(C(=O)c1ccccc1Cl)c1ccc(Sc2ccc(C(F)(F)F)cc2Cl)cc1. The zero-order valence-corrected chi connectivity index (χ0v) is 17.8. The number of carbonyl (C=O) groups excluding carboxylic acids is 2. The Labute approximate surface area is 189 Å². The Morgan fingerprint density at radius 2 is 1.55 bits per heavy atom. The molecule has 31 heavy (non-hydrogen) atoms. The number of carbonyl (C=O) groups is 2. The number of nitrogens with two attached hydrogens (primary N) is 1. The van der Waals surface area contributed by atoms with Crippen molar-refractivity contribution in [1.29, 1.82) is 0 Å². The lowest BCUT2D eigenvalue weighted by Crippen LogP contribution is -2.41. The molecule has 3 aromatic rings. The Balaban J connectivity index is 1.84. The highest BCUT2D eigenvalue weighted by molar-refractivity contribution is 7.99. The highest BCUT2D eigenvalue weighted by Gasteiger charge is 2.31. The molecule has 2 N–H and O–H groups in total. The molecular weight excluding hydrogens is 472 g/mol. The number of halogens is 5. The number of imide groups is 1. The summed E-state index contributed by atoms with van der Waals surface area (Å²) in [5.74, 6) is -0.690. The van der Waals surface area contributed by atoms with E-state index in [1.54, 1.807) is 24.3 Å². The molecule has 3 amide bonds. The number of alkyl halides is 3. The van der Waals surface area contributed by atoms with E-state index in [9.17, 15) is 22.8 Å². The molecule has 0 atom stereocenters. The standard InChI is InChI=1S/C21H13Cl2F3N2O2S/c22-16-4-2-1-3-15(16)19(29)28(20(27)30)13-6-8-14(9-7-13)31-18-10-5-12(11-17(18)23)21(24,25)26/h1-11H,(H2,27,30). The van der Waals surface area contributed by atoms with Crippen LogP contribution in [0, 0.1) is 0 Å². The van der Waals surface area contributed by atoms with E-state index in [0.717, 1.165) is 28.8 Å². The maximum Gasteiger partial charge on any atom is 0.416 e. The van der Waals surface area contributed by atoms with Crippen LogP contribution in [0.25, 0.3) is 0 Å². The van der Waals surface area contributed by atoms with Crippen molar-refractivity contribution in [2.45, 2.75) is 16.0 Å². The summed E-state index contributed by atoms with van der Waals surface area (Å²) < 4.78 is 38.3. The number of urea groups is 1. The van der Waals surface area contributed by atoms with Gasteiger partial charge in [0.15, 0.2) is 0 Å². The van der Waals surface area contributed by atoms with Gasteiger partial charge in [-0.15, -0.1) is 0 Å². The number of anilines is 1. The Morgan fingerprint density at radius 3 is 2.10 bits per heavy atom. The Bertz CT molecular complexity index is 1140. The molecule has 0 heterocycles. The van der Waals surface area contributed by atoms with Crippen molar-refractivity contribution in [2.24, 2.45) is 5.73 Å². The normalized spacial score (nSPS) is 11.3. The molecule has 3 aromatic carbocycles. The van der Waals surface area contributed by atoms with Gasteiger partial charge in [-0.1, -0.05) is 47.1 Å². The minimum atomic E-state index is -4.49. The van der Waals surface area contributed by atoms with E-state index in [2.05, 4.69) is 0 Å². The second-order valence-corrected chi connectivity index (χ2v) is 8.13. The fourth-order valence-electron chi connectivity index (χ4n) is 2.65. The summed E-state index contributed by atoms with van der Waals surface area (Å²) in [7, 11) is 0. The second kappa shape index (κ2) is 9.21. The van der Waals surface area contributed by atoms with E-state index in [4.69, 9.17) is 28.9 Å². The molecule has 0 saturated heterocycles. The summed E-state index contributed by atoms with van der Waals surface area (Å²) in [6, 6.07) is 14.5. The van der Waals surface area contributed by atoms with Crippen LogP contribution in [0.3, 0.4) is 0 Å². The van der Waals surface area contributed by atoms with Crippen molar-refractivity contribution in [3.63, 3.8) is 0 Å². The minimum absolute atomic E-state index is 0.0449. The molecule has 3 rings (SSSR count). The monoisotopic (exact) mass is 484 g/mol. The van der Waals surface area contributed by atoms with Gasteiger partial charge in [0, 0.05) is 9.79 Å². The number of nitrogens with zero attached hydrogens (tertiary/aromatic N) is 1. The van der Waals surface area contributed by atoms with Gasteiger partial charge in [-0.25, -0.2) is 9.69 Å². The fourth-order valence-corrected chi connectivity index (χ4v) is 3.98. The molecule has 0 aliphatic heterocycles. The van der Waals surface area contributed by atoms with Crippen LogP contribution in [-0.2, 0) is 6.18 Å². The van der Waals surface area contributed by atoms with Gasteiger partial charge >= 0.3 is 12.2 Å². The lowest BCUT2D eigenvalue weighted by molar-refractivity contribution is -0.137. The van der Waals surface area contributed by atoms with Crippen LogP contribution in [0.4, 0.5) is 23.7 Å². The molecule has 0 spiro atoms. The van der Waals surface area contributed by atoms with Crippen molar-refractivity contribution in [2.75, 3.05) is 4.90 Å². The first-order chi connectivity index (χ1) is 14.6. The van der Waals surface area contributed by atoms with Crippen molar-refractivity contribution >= 4 is 52.6 Å². The molecule has 10 heteroatoms. The summed E-state index contributed by atoms with van der Waals surface area (Å²) in [6.07, 6.45) is -4.49. The minimum Gasteiger partial charge on any atom is -0.351 e. The van der Waals surface area contributed by atoms with Gasteiger partial charge in [-0.3, -0.25) is 4.79 Å². The molecule has 0 radical (unpaired) electrons. The number of primary amides is 1. The summed E-state index contributed by atoms with van der Waals surface area (Å²) in [4.78, 5) is 26.5. The van der Waals surface area contributed by atoms with Gasteiger partial charge in [0.2, 0.25) is 0 Å². The van der Waals surface area contributed by atoms with Crippen molar-refractivity contribution in [1.82, 2.24) is 0 Å². The number of amides is 3. The van der Waals surface area contributed by atoms with Crippen LogP contribution in [0.15, 0.2) is 76.5 Å². The maximum atomic E-state index is 12.8. The van der Waals surface area contributed by atoms with Crippen LogP contribution in [0.2, 0.25) is 10.0 Å². The lowest BCUT2D eigenvalue weighted by Gasteiger charge is -2.19. The quantitative estimate of drug-likeness (QED) is 0.438. The van der Waals surface area contributed by atoms with E-state index in [1.807, 2.05) is 0 Å². The molecule has 0 fully saturated rings. The van der Waals surface area contributed by atoms with E-state index in [-0.39, 0.29) is 21.3 Å². The average Bonchev–Trinajstić information content (AvgIpc) is 2.70. The predicted octanol–water partition coefficient (Wildman–Crippen LogP) is 6.89. The lowest BCUT2D eigenvalue weighted by atomic mass is 10.2. The zero-order valence-electron chi connectivity index (χ0n) is 15.5. The van der Waals surface area contributed by atoms with Gasteiger partial charge in [-0.05, 0) is 54.6 Å². The number of benzene rings is 3. The van der Waals surface area contributed by atoms with Crippen LogP contribution in [0.5, 0.6) is 0 Å². The maximum absolute atomic E-state index is 12.8.